The summed E-state index contributed by atoms with van der Waals surface area (Å²) in [7, 11) is 0. The third kappa shape index (κ3) is 1.51. The van der Waals surface area contributed by atoms with Gasteiger partial charge >= 0.3 is 0 Å². The minimum atomic E-state index is 0.253. The van der Waals surface area contributed by atoms with Gasteiger partial charge in [-0.2, -0.15) is 5.43 Å². The number of nitrogens with one attached hydrogen (secondary N) is 1. The molecular weight excluding hydrogens is 216 g/mol. The predicted octanol–water partition coefficient (Wildman–Crippen LogP) is 1.06. The third-order valence-electron chi connectivity index (χ3n) is 4.87. The molecule has 4 fully saturated rings. The van der Waals surface area contributed by atoms with Crippen LogP contribution < -0.4 is 16.0 Å². The van der Waals surface area contributed by atoms with Crippen molar-refractivity contribution in [2.75, 3.05) is 11.2 Å². The van der Waals surface area contributed by atoms with Crippen LogP contribution in [0.1, 0.15) is 38.5 Å². The molecule has 17 heavy (non-hydrogen) atoms. The molecule has 0 unspecified atom stereocenters. The molecule has 0 radical (unpaired) electrons. The van der Waals surface area contributed by atoms with Gasteiger partial charge in [0.15, 0.2) is 0 Å². The molecule has 1 heterocycles. The highest BCUT2D eigenvalue weighted by atomic mass is 16.5. The van der Waals surface area contributed by atoms with Crippen molar-refractivity contribution in [1.29, 1.82) is 0 Å². The molecule has 0 aliphatic heterocycles. The fourth-order valence-electron chi connectivity index (χ4n) is 4.80. The molecule has 92 valence electrons. The maximum absolute atomic E-state index is 5.56. The molecule has 4 aliphatic carbocycles. The Morgan fingerprint density at radius 2 is 1.82 bits per heavy atom. The van der Waals surface area contributed by atoms with Crippen molar-refractivity contribution in [3.63, 3.8) is 0 Å². The van der Waals surface area contributed by atoms with Gasteiger partial charge in [-0.15, -0.1) is 0 Å². The maximum Gasteiger partial charge on any atom is 0.296 e. The lowest BCUT2D eigenvalue weighted by atomic mass is 9.53. The smallest absolute Gasteiger partial charge is 0.296 e. The Morgan fingerprint density at radius 1 is 1.24 bits per heavy atom. The van der Waals surface area contributed by atoms with E-state index in [0.717, 1.165) is 17.8 Å². The number of aromatic nitrogens is 2. The highest BCUT2D eigenvalue weighted by Gasteiger charge is 2.53. The molecule has 5 rings (SSSR count). The van der Waals surface area contributed by atoms with E-state index in [-0.39, 0.29) is 5.54 Å². The van der Waals surface area contributed by atoms with Crippen LogP contribution in [0.25, 0.3) is 0 Å². The summed E-state index contributed by atoms with van der Waals surface area (Å²) in [4.78, 5) is 1.67. The quantitative estimate of drug-likeness (QED) is 0.752. The SMILES string of the molecule is Nc1c[n+](NC23CC4CC(CC(C4)C2)C3)no1. The number of hydrogen-bond acceptors (Lipinski definition) is 4. The van der Waals surface area contributed by atoms with Gasteiger partial charge < -0.3 is 5.73 Å². The summed E-state index contributed by atoms with van der Waals surface area (Å²) in [5, 5.41) is 3.90. The van der Waals surface area contributed by atoms with Crippen LogP contribution in [-0.2, 0) is 0 Å². The Hall–Kier alpha value is -1.26. The molecule has 4 aliphatic rings. The lowest BCUT2D eigenvalue weighted by Gasteiger charge is -2.54. The van der Waals surface area contributed by atoms with E-state index in [2.05, 4.69) is 10.7 Å². The van der Waals surface area contributed by atoms with E-state index in [9.17, 15) is 0 Å². The molecule has 4 bridgehead atoms. The van der Waals surface area contributed by atoms with E-state index in [1.54, 1.807) is 11.0 Å². The standard InChI is InChI=1S/C12H19N4O/c13-11-7-16(15-17-11)14-12-4-8-1-9(5-12)3-10(2-8)6-12/h7-10H,1-6,13H2,(H,14,15)/q+1. The number of hydrogen-bond donors (Lipinski definition) is 2. The maximum atomic E-state index is 5.56. The van der Waals surface area contributed by atoms with Crippen molar-refractivity contribution >= 4 is 5.88 Å². The molecule has 3 N–H and O–H groups in total. The average molecular weight is 235 g/mol. The van der Waals surface area contributed by atoms with Crippen LogP contribution in [0.2, 0.25) is 0 Å². The van der Waals surface area contributed by atoms with E-state index in [1.807, 2.05) is 0 Å². The predicted molar refractivity (Wildman–Crippen MR) is 61.4 cm³/mol. The Labute approximate surface area is 100 Å². The van der Waals surface area contributed by atoms with Crippen LogP contribution in [0.5, 0.6) is 0 Å². The first-order valence-corrected chi connectivity index (χ1v) is 6.63. The lowest BCUT2D eigenvalue weighted by Crippen LogP contribution is -2.65. The van der Waals surface area contributed by atoms with Gasteiger partial charge in [0.05, 0.1) is 10.3 Å². The van der Waals surface area contributed by atoms with E-state index in [4.69, 9.17) is 10.3 Å². The molecule has 0 amide bonds. The topological polar surface area (TPSA) is 68.0 Å². The van der Waals surface area contributed by atoms with Crippen LogP contribution in [0.3, 0.4) is 0 Å². The van der Waals surface area contributed by atoms with Crippen molar-refractivity contribution in [3.05, 3.63) is 6.20 Å². The second-order valence-electron chi connectivity index (χ2n) is 6.36. The molecule has 1 aromatic rings. The van der Waals surface area contributed by atoms with Crippen LogP contribution >= 0.6 is 0 Å². The summed E-state index contributed by atoms with van der Waals surface area (Å²) < 4.78 is 4.91. The van der Waals surface area contributed by atoms with Crippen molar-refractivity contribution < 1.29 is 9.31 Å². The first kappa shape index (κ1) is 9.74. The molecule has 0 spiro atoms. The zero-order valence-corrected chi connectivity index (χ0v) is 9.93. The van der Waals surface area contributed by atoms with Gasteiger partial charge in [-0.3, -0.25) is 4.52 Å². The van der Waals surface area contributed by atoms with Crippen molar-refractivity contribution in [1.82, 2.24) is 5.27 Å². The number of nitrogen functional groups attached to an aromatic ring is 1. The Morgan fingerprint density at radius 3 is 2.29 bits per heavy atom. The molecule has 0 aromatic carbocycles. The van der Waals surface area contributed by atoms with Crippen molar-refractivity contribution in [2.24, 2.45) is 17.8 Å². The zero-order valence-electron chi connectivity index (χ0n) is 9.93. The van der Waals surface area contributed by atoms with Gasteiger partial charge in [0.2, 0.25) is 5.27 Å². The van der Waals surface area contributed by atoms with E-state index < -0.39 is 0 Å². The molecule has 4 saturated carbocycles. The summed E-state index contributed by atoms with van der Waals surface area (Å²) >= 11 is 0. The van der Waals surface area contributed by atoms with E-state index in [0.29, 0.717) is 5.88 Å². The normalized spacial score (nSPS) is 42.9. The van der Waals surface area contributed by atoms with E-state index in [1.165, 1.54) is 38.5 Å². The Kier molecular flexibility index (Phi) is 1.80. The van der Waals surface area contributed by atoms with Gasteiger partial charge in [-0.25, -0.2) is 0 Å². The van der Waals surface area contributed by atoms with Gasteiger partial charge in [-0.1, -0.05) is 0 Å². The van der Waals surface area contributed by atoms with Crippen LogP contribution in [0, 0.1) is 17.8 Å². The second-order valence-corrected chi connectivity index (χ2v) is 6.36. The molecular formula is C12H19N4O+. The minimum absolute atomic E-state index is 0.253. The van der Waals surface area contributed by atoms with Crippen LogP contribution in [-0.4, -0.2) is 10.8 Å². The largest absolute Gasteiger partial charge is 0.362 e. The fraction of sp³-hybridized carbons (Fsp3) is 0.833. The highest BCUT2D eigenvalue weighted by Crippen LogP contribution is 2.55. The zero-order chi connectivity index (χ0) is 11.5. The van der Waals surface area contributed by atoms with Crippen molar-refractivity contribution in [2.45, 2.75) is 44.1 Å². The molecule has 1 aromatic heterocycles. The van der Waals surface area contributed by atoms with Gasteiger partial charge in [-0.05, 0) is 56.3 Å². The number of anilines is 1. The number of nitrogens with two attached hydrogens (primary N) is 1. The summed E-state index contributed by atoms with van der Waals surface area (Å²) in [6, 6.07) is 0. The first-order chi connectivity index (χ1) is 8.21. The van der Waals surface area contributed by atoms with Crippen LogP contribution in [0.15, 0.2) is 10.7 Å². The summed E-state index contributed by atoms with van der Waals surface area (Å²) in [5.41, 5.74) is 9.35. The Balaban J connectivity index is 1.60. The fourth-order valence-corrected chi connectivity index (χ4v) is 4.80. The second kappa shape index (κ2) is 3.15. The average Bonchev–Trinajstić information content (AvgIpc) is 2.60. The van der Waals surface area contributed by atoms with Crippen LogP contribution in [0.4, 0.5) is 5.88 Å². The van der Waals surface area contributed by atoms with Gasteiger partial charge in [0, 0.05) is 0 Å². The third-order valence-corrected chi connectivity index (χ3v) is 4.87. The molecule has 0 atom stereocenters. The highest BCUT2D eigenvalue weighted by molar-refractivity contribution is 5.13. The number of nitrogens with zero attached hydrogens (tertiary/aromatic N) is 2. The van der Waals surface area contributed by atoms with Crippen molar-refractivity contribution in [3.8, 4) is 0 Å². The molecule has 0 saturated heterocycles. The first-order valence-electron chi connectivity index (χ1n) is 6.63. The monoisotopic (exact) mass is 235 g/mol. The Bertz CT molecular complexity index is 406. The summed E-state index contributed by atoms with van der Waals surface area (Å²) in [6.45, 7) is 0. The molecule has 5 heteroatoms. The minimum Gasteiger partial charge on any atom is -0.362 e. The van der Waals surface area contributed by atoms with Gasteiger partial charge in [0.25, 0.3) is 12.1 Å². The summed E-state index contributed by atoms with van der Waals surface area (Å²) in [5.74, 6) is 3.15. The van der Waals surface area contributed by atoms with E-state index >= 15 is 0 Å². The molecule has 5 nitrogen and oxygen atoms in total. The number of rotatable bonds is 2. The summed E-state index contributed by atoms with van der Waals surface area (Å²) in [6.07, 6.45) is 9.94. The lowest BCUT2D eigenvalue weighted by molar-refractivity contribution is -0.727. The van der Waals surface area contributed by atoms with Gasteiger partial charge in [0.1, 0.15) is 0 Å².